The molecule has 0 amide bonds. The molecule has 0 aliphatic carbocycles. The van der Waals surface area contributed by atoms with Crippen LogP contribution in [0.2, 0.25) is 0 Å². The summed E-state index contributed by atoms with van der Waals surface area (Å²) in [6, 6.07) is 0. The molecule has 0 radical (unpaired) electrons. The molecule has 0 aromatic heterocycles. The molecule has 9 nitrogen and oxygen atoms in total. The monoisotopic (exact) mass is 943 g/mol. The average molecular weight is 943 g/mol. The lowest BCUT2D eigenvalue weighted by atomic mass is 10.0. The van der Waals surface area contributed by atoms with E-state index in [2.05, 4.69) is 111 Å². The van der Waals surface area contributed by atoms with Crippen LogP contribution in [0.25, 0.3) is 0 Å². The predicted molar refractivity (Wildman–Crippen MR) is 279 cm³/mol. The van der Waals surface area contributed by atoms with Crippen LogP contribution >= 0.6 is 7.82 Å². The molecule has 0 heterocycles. The number of nitrogens with zero attached hydrogens (tertiary/aromatic N) is 1. The molecule has 0 saturated heterocycles. The number of carbonyl (C=O) groups is 2. The van der Waals surface area contributed by atoms with Gasteiger partial charge in [0.25, 0.3) is 0 Å². The smallest absolute Gasteiger partial charge is 0.462 e. The number of carbonyl (C=O) groups excluding carboxylic acids is 2. The van der Waals surface area contributed by atoms with Gasteiger partial charge in [0.15, 0.2) is 6.10 Å². The molecule has 378 valence electrons. The first-order valence-electron chi connectivity index (χ1n) is 26.0. The summed E-state index contributed by atoms with van der Waals surface area (Å²) in [4.78, 5) is 35.5. The van der Waals surface area contributed by atoms with Crippen LogP contribution in [0.3, 0.4) is 0 Å². The van der Waals surface area contributed by atoms with E-state index in [0.29, 0.717) is 17.4 Å². The molecule has 0 saturated carbocycles. The molecule has 0 spiro atoms. The third kappa shape index (κ3) is 50.3. The van der Waals surface area contributed by atoms with Crippen molar-refractivity contribution >= 4 is 19.8 Å². The Bertz CT molecular complexity index is 1440. The summed E-state index contributed by atoms with van der Waals surface area (Å²) in [5.41, 5.74) is 0. The van der Waals surface area contributed by atoms with E-state index in [1.165, 1.54) is 64.2 Å². The molecule has 1 N–H and O–H groups in total. The van der Waals surface area contributed by atoms with Crippen molar-refractivity contribution < 1.29 is 42.1 Å². The Morgan fingerprint density at radius 2 is 0.864 bits per heavy atom. The second kappa shape index (κ2) is 47.0. The topological polar surface area (TPSA) is 108 Å². The Kier molecular flexibility index (Phi) is 44.8. The molecule has 0 bridgehead atoms. The number of ether oxygens (including phenoxy) is 2. The fraction of sp³-hybridized carbons (Fsp3) is 0.679. The third-order valence-electron chi connectivity index (χ3n) is 10.6. The zero-order chi connectivity index (χ0) is 48.5. The van der Waals surface area contributed by atoms with Gasteiger partial charge in [-0.1, -0.05) is 201 Å². The highest BCUT2D eigenvalue weighted by Crippen LogP contribution is 2.43. The van der Waals surface area contributed by atoms with E-state index < -0.39 is 26.5 Å². The minimum absolute atomic E-state index is 0.0222. The molecule has 2 unspecified atom stereocenters. The van der Waals surface area contributed by atoms with Gasteiger partial charge in [0.05, 0.1) is 27.7 Å². The molecule has 0 aromatic rings. The average Bonchev–Trinajstić information content (AvgIpc) is 3.27. The van der Waals surface area contributed by atoms with E-state index in [1.807, 2.05) is 21.1 Å². The number of phosphoric ester groups is 1. The van der Waals surface area contributed by atoms with E-state index >= 15 is 0 Å². The van der Waals surface area contributed by atoms with Gasteiger partial charge in [0.1, 0.15) is 19.8 Å². The van der Waals surface area contributed by atoms with Crippen LogP contribution in [-0.4, -0.2) is 74.9 Å². The number of phosphoric acid groups is 1. The van der Waals surface area contributed by atoms with Gasteiger partial charge >= 0.3 is 19.8 Å². The van der Waals surface area contributed by atoms with E-state index in [4.69, 9.17) is 18.5 Å². The van der Waals surface area contributed by atoms with Gasteiger partial charge in [-0.15, -0.1) is 0 Å². The summed E-state index contributed by atoms with van der Waals surface area (Å²) >= 11 is 0. The van der Waals surface area contributed by atoms with Gasteiger partial charge < -0.3 is 18.9 Å². The highest BCUT2D eigenvalue weighted by Gasteiger charge is 2.27. The molecule has 66 heavy (non-hydrogen) atoms. The van der Waals surface area contributed by atoms with Crippen LogP contribution in [0.15, 0.2) is 97.2 Å². The molecule has 0 rings (SSSR count). The first-order valence-corrected chi connectivity index (χ1v) is 27.5. The molecule has 0 fully saturated rings. The number of hydrogen-bond donors (Lipinski definition) is 1. The Morgan fingerprint density at radius 3 is 1.29 bits per heavy atom. The molecular formula is C56H97NO8P+. The van der Waals surface area contributed by atoms with Crippen molar-refractivity contribution in [2.24, 2.45) is 0 Å². The third-order valence-corrected chi connectivity index (χ3v) is 11.6. The second-order valence-electron chi connectivity index (χ2n) is 18.2. The SMILES string of the molecule is CC/C=C\C/C=C\C/C=C\C/C=C\C/C=C\C/C=C\C/C=C\C/C=C\CCCCCCC(=O)OC(COC(=O)CCCCCCCCCCCCCCC)COP(=O)(O)OCC[N+](C)(C)C. The zero-order valence-corrected chi connectivity index (χ0v) is 43.5. The number of esters is 2. The van der Waals surface area contributed by atoms with E-state index in [9.17, 15) is 19.0 Å². The van der Waals surface area contributed by atoms with E-state index in [1.54, 1.807) is 0 Å². The molecule has 0 aromatic carbocycles. The fourth-order valence-corrected chi connectivity index (χ4v) is 7.36. The fourth-order valence-electron chi connectivity index (χ4n) is 6.62. The zero-order valence-electron chi connectivity index (χ0n) is 42.6. The largest absolute Gasteiger partial charge is 0.472 e. The van der Waals surface area contributed by atoms with Gasteiger partial charge in [0.2, 0.25) is 0 Å². The minimum atomic E-state index is -4.39. The van der Waals surface area contributed by atoms with Crippen molar-refractivity contribution in [1.82, 2.24) is 0 Å². The number of unbranched alkanes of at least 4 members (excludes halogenated alkanes) is 16. The van der Waals surface area contributed by atoms with Crippen molar-refractivity contribution in [1.29, 1.82) is 0 Å². The lowest BCUT2D eigenvalue weighted by Gasteiger charge is -2.24. The van der Waals surface area contributed by atoms with Crippen LogP contribution < -0.4 is 0 Å². The Balaban J connectivity index is 4.30. The van der Waals surface area contributed by atoms with Crippen molar-refractivity contribution in [2.45, 2.75) is 200 Å². The van der Waals surface area contributed by atoms with Crippen molar-refractivity contribution in [3.8, 4) is 0 Å². The number of rotatable bonds is 46. The van der Waals surface area contributed by atoms with Gasteiger partial charge in [-0.3, -0.25) is 18.6 Å². The maximum Gasteiger partial charge on any atom is 0.472 e. The van der Waals surface area contributed by atoms with Crippen molar-refractivity contribution in [2.75, 3.05) is 47.5 Å². The van der Waals surface area contributed by atoms with E-state index in [0.717, 1.165) is 96.3 Å². The molecule has 0 aliphatic rings. The lowest BCUT2D eigenvalue weighted by molar-refractivity contribution is -0.870. The van der Waals surface area contributed by atoms with Crippen molar-refractivity contribution in [3.63, 3.8) is 0 Å². The summed E-state index contributed by atoms with van der Waals surface area (Å²) in [5.74, 6) is -0.831. The van der Waals surface area contributed by atoms with Gasteiger partial charge in [-0.25, -0.2) is 4.57 Å². The van der Waals surface area contributed by atoms with Crippen LogP contribution in [0, 0.1) is 0 Å². The predicted octanol–water partition coefficient (Wildman–Crippen LogP) is 15.7. The van der Waals surface area contributed by atoms with Crippen LogP contribution in [0.5, 0.6) is 0 Å². The molecule has 2 atom stereocenters. The van der Waals surface area contributed by atoms with E-state index in [-0.39, 0.29) is 32.0 Å². The number of quaternary nitrogens is 1. The summed E-state index contributed by atoms with van der Waals surface area (Å²) < 4.78 is 34.4. The number of hydrogen-bond acceptors (Lipinski definition) is 7. The first-order chi connectivity index (χ1) is 32.0. The summed E-state index contributed by atoms with van der Waals surface area (Å²) in [6.07, 6.45) is 63.2. The quantitative estimate of drug-likeness (QED) is 0.0211. The second-order valence-corrected chi connectivity index (χ2v) is 19.6. The maximum absolute atomic E-state index is 12.8. The van der Waals surface area contributed by atoms with Crippen molar-refractivity contribution in [3.05, 3.63) is 97.2 Å². The normalized spacial score (nSPS) is 14.2. The number of allylic oxidation sites excluding steroid dienone is 16. The van der Waals surface area contributed by atoms with Gasteiger partial charge in [-0.2, -0.15) is 0 Å². The summed E-state index contributed by atoms with van der Waals surface area (Å²) in [7, 11) is 1.45. The van der Waals surface area contributed by atoms with Gasteiger partial charge in [-0.05, 0) is 77.0 Å². The number of likely N-dealkylation sites (N-methyl/N-ethyl adjacent to an activating group) is 1. The van der Waals surface area contributed by atoms with Crippen LogP contribution in [-0.2, 0) is 32.7 Å². The molecule has 0 aliphatic heterocycles. The Hall–Kier alpha value is -3.07. The molecule has 10 heteroatoms. The van der Waals surface area contributed by atoms with Crippen LogP contribution in [0.1, 0.15) is 194 Å². The minimum Gasteiger partial charge on any atom is -0.462 e. The maximum atomic E-state index is 12.8. The Morgan fingerprint density at radius 1 is 0.485 bits per heavy atom. The molecular weight excluding hydrogens is 846 g/mol. The summed E-state index contributed by atoms with van der Waals surface area (Å²) in [6.45, 7) is 4.27. The first kappa shape index (κ1) is 62.9. The standard InChI is InChI=1S/C56H96NO8P/c1-6-8-10-12-14-16-18-20-21-22-23-24-25-26-27-28-29-30-31-32-33-34-35-37-39-41-43-45-47-49-56(59)65-54(53-64-66(60,61)63-51-50-57(3,4)5)52-62-55(58)48-46-44-42-40-38-36-19-17-15-13-11-9-7-2/h8,10,14,16,20-21,23-24,26-27,29-30,32-33,35,37,54H,6-7,9,11-13,15,17-19,22,25,28,31,34,36,38-53H2,1-5H3/p+1/b10-8-,16-14-,21-20-,24-23-,27-26-,30-29-,33-32-,37-35-. The Labute approximate surface area is 404 Å². The van der Waals surface area contributed by atoms with Gasteiger partial charge in [0, 0.05) is 12.8 Å². The lowest BCUT2D eigenvalue weighted by Crippen LogP contribution is -2.37. The van der Waals surface area contributed by atoms with Crippen LogP contribution in [0.4, 0.5) is 0 Å². The highest BCUT2D eigenvalue weighted by atomic mass is 31.2. The summed E-state index contributed by atoms with van der Waals surface area (Å²) in [5, 5.41) is 0. The highest BCUT2D eigenvalue weighted by molar-refractivity contribution is 7.47.